The van der Waals surface area contributed by atoms with Crippen LogP contribution in [0.5, 0.6) is 5.75 Å². The second kappa shape index (κ2) is 6.53. The van der Waals surface area contributed by atoms with Gasteiger partial charge in [-0.2, -0.15) is 0 Å². The molecule has 1 fully saturated rings. The Morgan fingerprint density at radius 2 is 1.79 bits per heavy atom. The number of benzene rings is 2. The summed E-state index contributed by atoms with van der Waals surface area (Å²) >= 11 is 0. The van der Waals surface area contributed by atoms with Gasteiger partial charge in [0.05, 0.1) is 12.1 Å². The summed E-state index contributed by atoms with van der Waals surface area (Å²) in [5.41, 5.74) is 2.12. The van der Waals surface area contributed by atoms with E-state index in [-0.39, 0.29) is 24.2 Å². The Kier molecular flexibility index (Phi) is 4.09. The highest BCUT2D eigenvalue weighted by Crippen LogP contribution is 2.32. The molecule has 1 saturated heterocycles. The molecule has 24 heavy (non-hydrogen) atoms. The van der Waals surface area contributed by atoms with Gasteiger partial charge in [-0.15, -0.1) is 0 Å². The molecule has 124 valence electrons. The zero-order valence-electron chi connectivity index (χ0n) is 13.3. The molecule has 3 atom stereocenters. The molecule has 2 aromatic carbocycles. The molecule has 0 aromatic heterocycles. The predicted molar refractivity (Wildman–Crippen MR) is 89.9 cm³/mol. The molecule has 2 aliphatic rings. The molecule has 2 aromatic rings. The first-order chi connectivity index (χ1) is 11.8. The van der Waals surface area contributed by atoms with Crippen LogP contribution in [-0.4, -0.2) is 25.3 Å². The highest BCUT2D eigenvalue weighted by Gasteiger charge is 2.32. The van der Waals surface area contributed by atoms with Crippen LogP contribution in [0.1, 0.15) is 29.7 Å². The number of urea groups is 1. The van der Waals surface area contributed by atoms with E-state index in [9.17, 15) is 4.79 Å². The molecule has 4 rings (SSSR count). The van der Waals surface area contributed by atoms with Gasteiger partial charge in [0.1, 0.15) is 18.5 Å². The number of carbonyl (C=O) groups excluding carboxylic acids is 1. The quantitative estimate of drug-likeness (QED) is 0.912. The van der Waals surface area contributed by atoms with Crippen LogP contribution in [0.2, 0.25) is 0 Å². The fraction of sp³-hybridized carbons (Fsp3) is 0.316. The molecule has 5 heteroatoms. The minimum atomic E-state index is -0.184. The molecule has 0 bridgehead atoms. The summed E-state index contributed by atoms with van der Waals surface area (Å²) in [5.74, 6) is 0.842. The monoisotopic (exact) mass is 324 g/mol. The van der Waals surface area contributed by atoms with Crippen molar-refractivity contribution in [1.82, 2.24) is 10.6 Å². The summed E-state index contributed by atoms with van der Waals surface area (Å²) in [6.45, 7) is 1.12. The fourth-order valence-corrected chi connectivity index (χ4v) is 3.36. The van der Waals surface area contributed by atoms with E-state index in [0.717, 1.165) is 23.3 Å². The van der Waals surface area contributed by atoms with Gasteiger partial charge in [-0.3, -0.25) is 0 Å². The number of para-hydroxylation sites is 1. The van der Waals surface area contributed by atoms with Gasteiger partial charge < -0.3 is 20.1 Å². The maximum atomic E-state index is 12.4. The van der Waals surface area contributed by atoms with Gasteiger partial charge >= 0.3 is 6.03 Å². The second-order valence-corrected chi connectivity index (χ2v) is 6.12. The third-order valence-corrected chi connectivity index (χ3v) is 4.54. The van der Waals surface area contributed by atoms with Crippen LogP contribution in [0, 0.1) is 0 Å². The average molecular weight is 324 g/mol. The van der Waals surface area contributed by atoms with Crippen molar-refractivity contribution in [2.24, 2.45) is 0 Å². The molecular weight excluding hydrogens is 304 g/mol. The van der Waals surface area contributed by atoms with Gasteiger partial charge in [0.25, 0.3) is 0 Å². The molecule has 0 saturated carbocycles. The number of ether oxygens (including phenoxy) is 2. The highest BCUT2D eigenvalue weighted by molar-refractivity contribution is 5.75. The Bertz CT molecular complexity index is 720. The van der Waals surface area contributed by atoms with Crippen LogP contribution in [0.4, 0.5) is 4.79 Å². The maximum Gasteiger partial charge on any atom is 0.315 e. The first kappa shape index (κ1) is 15.0. The number of hydrogen-bond acceptors (Lipinski definition) is 3. The fourth-order valence-electron chi connectivity index (χ4n) is 3.36. The summed E-state index contributed by atoms with van der Waals surface area (Å²) in [5, 5.41) is 6.06. The van der Waals surface area contributed by atoms with E-state index in [1.165, 1.54) is 0 Å². The van der Waals surface area contributed by atoms with E-state index in [4.69, 9.17) is 9.47 Å². The van der Waals surface area contributed by atoms with E-state index in [2.05, 4.69) is 10.6 Å². The number of carbonyl (C=O) groups is 1. The van der Waals surface area contributed by atoms with Gasteiger partial charge in [0.15, 0.2) is 0 Å². The van der Waals surface area contributed by atoms with Crippen molar-refractivity contribution < 1.29 is 14.3 Å². The van der Waals surface area contributed by atoms with Crippen LogP contribution >= 0.6 is 0 Å². The zero-order chi connectivity index (χ0) is 16.4. The van der Waals surface area contributed by atoms with Gasteiger partial charge in [-0.25, -0.2) is 4.79 Å². The van der Waals surface area contributed by atoms with Gasteiger partial charge in [-0.1, -0.05) is 48.5 Å². The molecule has 0 unspecified atom stereocenters. The molecule has 2 N–H and O–H groups in total. The van der Waals surface area contributed by atoms with Crippen LogP contribution in [0.15, 0.2) is 54.6 Å². The van der Waals surface area contributed by atoms with Gasteiger partial charge in [0.2, 0.25) is 0 Å². The van der Waals surface area contributed by atoms with E-state index in [0.29, 0.717) is 13.2 Å². The lowest BCUT2D eigenvalue weighted by molar-refractivity contribution is 0.0997. The zero-order valence-corrected chi connectivity index (χ0v) is 13.3. The lowest BCUT2D eigenvalue weighted by atomic mass is 10.0. The van der Waals surface area contributed by atoms with Crippen molar-refractivity contribution in [3.8, 4) is 5.75 Å². The first-order valence-electron chi connectivity index (χ1n) is 8.26. The highest BCUT2D eigenvalue weighted by atomic mass is 16.5. The average Bonchev–Trinajstić information content (AvgIpc) is 3.23. The van der Waals surface area contributed by atoms with Crippen LogP contribution in [0.3, 0.4) is 0 Å². The molecule has 5 nitrogen and oxygen atoms in total. The second-order valence-electron chi connectivity index (χ2n) is 6.12. The minimum absolute atomic E-state index is 0.0232. The maximum absolute atomic E-state index is 12.4. The molecular formula is C19H20N2O3. The smallest absolute Gasteiger partial charge is 0.315 e. The lowest BCUT2D eigenvalue weighted by Gasteiger charge is -2.21. The first-order valence-corrected chi connectivity index (χ1v) is 8.26. The summed E-state index contributed by atoms with van der Waals surface area (Å²) in [6.07, 6.45) is 0.717. The van der Waals surface area contributed by atoms with E-state index in [1.54, 1.807) is 0 Å². The summed E-state index contributed by atoms with van der Waals surface area (Å²) in [6, 6.07) is 17.5. The Balaban J connectivity index is 1.40. The molecule has 2 aliphatic heterocycles. The number of rotatable bonds is 3. The Labute approximate surface area is 141 Å². The van der Waals surface area contributed by atoms with Crippen molar-refractivity contribution in [1.29, 1.82) is 0 Å². The van der Waals surface area contributed by atoms with Crippen molar-refractivity contribution >= 4 is 6.03 Å². The standard InChI is InChI=1S/C19H20N2O3/c22-19(21-16-12-24-17-9-5-4-8-14(16)17)20-15-10-11-23-18(15)13-6-2-1-3-7-13/h1-9,15-16,18H,10-12H2,(H2,20,21,22)/t15-,16-,18-/m1/s1. The lowest BCUT2D eigenvalue weighted by Crippen LogP contribution is -2.44. The van der Waals surface area contributed by atoms with Crippen LogP contribution in [-0.2, 0) is 4.74 Å². The number of hydrogen-bond donors (Lipinski definition) is 2. The third kappa shape index (κ3) is 2.95. The van der Waals surface area contributed by atoms with Crippen molar-refractivity contribution in [3.63, 3.8) is 0 Å². The Morgan fingerprint density at radius 3 is 2.67 bits per heavy atom. The molecule has 0 spiro atoms. The topological polar surface area (TPSA) is 59.6 Å². The van der Waals surface area contributed by atoms with Crippen molar-refractivity contribution in [2.45, 2.75) is 24.6 Å². The van der Waals surface area contributed by atoms with Crippen molar-refractivity contribution in [2.75, 3.05) is 13.2 Å². The predicted octanol–water partition coefficient (Wildman–Crippen LogP) is 2.95. The van der Waals surface area contributed by atoms with E-state index in [1.807, 2.05) is 54.6 Å². The van der Waals surface area contributed by atoms with Crippen molar-refractivity contribution in [3.05, 3.63) is 65.7 Å². The van der Waals surface area contributed by atoms with Crippen LogP contribution < -0.4 is 15.4 Å². The molecule has 0 aliphatic carbocycles. The van der Waals surface area contributed by atoms with E-state index >= 15 is 0 Å². The normalized spacial score (nSPS) is 24.9. The summed E-state index contributed by atoms with van der Waals surface area (Å²) in [4.78, 5) is 12.4. The number of amides is 2. The Morgan fingerprint density at radius 1 is 1.00 bits per heavy atom. The third-order valence-electron chi connectivity index (χ3n) is 4.54. The number of nitrogens with one attached hydrogen (secondary N) is 2. The molecule has 0 radical (unpaired) electrons. The minimum Gasteiger partial charge on any atom is -0.491 e. The largest absolute Gasteiger partial charge is 0.491 e. The SMILES string of the molecule is O=C(N[C@@H]1COc2ccccc21)N[C@@H]1CCO[C@@H]1c1ccccc1. The molecule has 2 amide bonds. The molecule has 2 heterocycles. The summed E-state index contributed by atoms with van der Waals surface area (Å²) < 4.78 is 11.4. The number of fused-ring (bicyclic) bond motifs is 1. The van der Waals surface area contributed by atoms with Crippen LogP contribution in [0.25, 0.3) is 0 Å². The summed E-state index contributed by atoms with van der Waals surface area (Å²) in [7, 11) is 0. The van der Waals surface area contributed by atoms with Gasteiger partial charge in [0, 0.05) is 12.2 Å². The van der Waals surface area contributed by atoms with E-state index < -0.39 is 0 Å². The Hall–Kier alpha value is -2.53. The van der Waals surface area contributed by atoms with Gasteiger partial charge in [-0.05, 0) is 18.1 Å².